The zero-order chi connectivity index (χ0) is 19.8. The van der Waals surface area contributed by atoms with E-state index in [9.17, 15) is 0 Å². The van der Waals surface area contributed by atoms with Crippen LogP contribution in [0.1, 0.15) is 29.2 Å². The number of hydrogen-bond acceptors (Lipinski definition) is 5. The second-order valence-electron chi connectivity index (χ2n) is 6.98. The minimum atomic E-state index is 0.302. The van der Waals surface area contributed by atoms with E-state index in [1.54, 1.807) is 7.11 Å². The maximum Gasteiger partial charge on any atom is 0.191 e. The smallest absolute Gasteiger partial charge is 0.191 e. The number of hydrogen-bond donors (Lipinski definition) is 2. The lowest BCUT2D eigenvalue weighted by Gasteiger charge is -2.25. The third kappa shape index (κ3) is 5.97. The Bertz CT molecular complexity index is 774. The van der Waals surface area contributed by atoms with Gasteiger partial charge in [-0.05, 0) is 18.9 Å². The largest absolute Gasteiger partial charge is 0.377 e. The van der Waals surface area contributed by atoms with Gasteiger partial charge in [0.25, 0.3) is 0 Å². The van der Waals surface area contributed by atoms with Gasteiger partial charge in [0.1, 0.15) is 12.4 Å². The molecule has 8 heteroatoms. The van der Waals surface area contributed by atoms with Crippen molar-refractivity contribution in [3.05, 3.63) is 47.0 Å². The van der Waals surface area contributed by atoms with Crippen LogP contribution in [0.15, 0.2) is 29.3 Å². The Labute approximate surface area is 171 Å². The van der Waals surface area contributed by atoms with Crippen LogP contribution in [0.4, 0.5) is 0 Å². The number of fused-ring (bicyclic) bond motifs is 1. The Morgan fingerprint density at radius 1 is 1.36 bits per heavy atom. The molecule has 3 rings (SSSR count). The molecular formula is C20H30N6OS. The van der Waals surface area contributed by atoms with Gasteiger partial charge in [-0.2, -0.15) is 16.9 Å². The van der Waals surface area contributed by atoms with E-state index < -0.39 is 0 Å². The first-order valence-corrected chi connectivity index (χ1v) is 10.9. The molecule has 1 aliphatic heterocycles. The highest BCUT2D eigenvalue weighted by Gasteiger charge is 2.22. The summed E-state index contributed by atoms with van der Waals surface area (Å²) in [7, 11) is 3.48. The number of rotatable bonds is 8. The normalized spacial score (nSPS) is 16.7. The Balaban J connectivity index is 1.38. The van der Waals surface area contributed by atoms with Crippen molar-refractivity contribution in [2.45, 2.75) is 44.7 Å². The molecule has 2 N–H and O–H groups in total. The van der Waals surface area contributed by atoms with Crippen molar-refractivity contribution < 1.29 is 4.74 Å². The summed E-state index contributed by atoms with van der Waals surface area (Å²) in [5.74, 6) is 4.72. The first-order chi connectivity index (χ1) is 13.7. The van der Waals surface area contributed by atoms with Crippen molar-refractivity contribution >= 4 is 17.7 Å². The predicted molar refractivity (Wildman–Crippen MR) is 115 cm³/mol. The molecule has 1 atom stereocenters. The first-order valence-electron chi connectivity index (χ1n) is 9.70. The van der Waals surface area contributed by atoms with Gasteiger partial charge in [0.05, 0.1) is 6.54 Å². The lowest BCUT2D eigenvalue weighted by Crippen LogP contribution is -2.47. The first kappa shape index (κ1) is 20.7. The Hall–Kier alpha value is -2.06. The maximum absolute atomic E-state index is 5.13. The van der Waals surface area contributed by atoms with Crippen molar-refractivity contribution in [2.75, 3.05) is 26.5 Å². The molecule has 1 aromatic heterocycles. The van der Waals surface area contributed by atoms with Gasteiger partial charge in [-0.15, -0.1) is 0 Å². The SMILES string of the molecule is CN=C(NCCSCc1ccc(C)cc1)NC1CCc2nc(COC)nn2C1. The van der Waals surface area contributed by atoms with Crippen molar-refractivity contribution in [1.29, 1.82) is 0 Å². The van der Waals surface area contributed by atoms with Crippen LogP contribution in [0.3, 0.4) is 0 Å². The summed E-state index contributed by atoms with van der Waals surface area (Å²) in [4.78, 5) is 8.88. The maximum atomic E-state index is 5.13. The highest BCUT2D eigenvalue weighted by atomic mass is 32.2. The molecule has 1 unspecified atom stereocenters. The van der Waals surface area contributed by atoms with Gasteiger partial charge in [0.15, 0.2) is 11.8 Å². The molecule has 0 amide bonds. The van der Waals surface area contributed by atoms with Crippen LogP contribution in [0.5, 0.6) is 0 Å². The van der Waals surface area contributed by atoms with Gasteiger partial charge in [0.2, 0.25) is 0 Å². The van der Waals surface area contributed by atoms with Crippen molar-refractivity contribution in [2.24, 2.45) is 4.99 Å². The fourth-order valence-electron chi connectivity index (χ4n) is 3.17. The number of aryl methyl sites for hydroxylation is 2. The van der Waals surface area contributed by atoms with E-state index in [1.165, 1.54) is 11.1 Å². The molecule has 152 valence electrons. The Morgan fingerprint density at radius 2 is 2.18 bits per heavy atom. The van der Waals surface area contributed by atoms with Crippen LogP contribution in [-0.2, 0) is 30.1 Å². The molecule has 2 aromatic rings. The average molecular weight is 403 g/mol. The van der Waals surface area contributed by atoms with Crippen LogP contribution < -0.4 is 10.6 Å². The van der Waals surface area contributed by atoms with Crippen LogP contribution in [0.2, 0.25) is 0 Å². The Kier molecular flexibility index (Phi) is 7.73. The number of ether oxygens (including phenoxy) is 1. The summed E-state index contributed by atoms with van der Waals surface area (Å²) in [5.41, 5.74) is 2.68. The molecule has 0 radical (unpaired) electrons. The summed E-state index contributed by atoms with van der Waals surface area (Å²) in [6.45, 7) is 4.26. The van der Waals surface area contributed by atoms with E-state index >= 15 is 0 Å². The number of aromatic nitrogens is 3. The third-order valence-corrected chi connectivity index (χ3v) is 5.70. The van der Waals surface area contributed by atoms with Crippen molar-refractivity contribution in [1.82, 2.24) is 25.4 Å². The number of thioether (sulfide) groups is 1. The molecule has 1 aliphatic rings. The van der Waals surface area contributed by atoms with E-state index in [1.807, 2.05) is 23.5 Å². The topological polar surface area (TPSA) is 76.4 Å². The van der Waals surface area contributed by atoms with E-state index in [-0.39, 0.29) is 0 Å². The van der Waals surface area contributed by atoms with Gasteiger partial charge < -0.3 is 15.4 Å². The summed E-state index contributed by atoms with van der Waals surface area (Å²) in [5, 5.41) is 11.4. The number of nitrogens with one attached hydrogen (secondary N) is 2. The fraction of sp³-hybridized carbons (Fsp3) is 0.550. The summed E-state index contributed by atoms with van der Waals surface area (Å²) >= 11 is 1.93. The van der Waals surface area contributed by atoms with Gasteiger partial charge in [0, 0.05) is 44.7 Å². The van der Waals surface area contributed by atoms with E-state index in [4.69, 9.17) is 4.74 Å². The lowest BCUT2D eigenvalue weighted by molar-refractivity contribution is 0.177. The van der Waals surface area contributed by atoms with Gasteiger partial charge in [-0.3, -0.25) is 4.99 Å². The Morgan fingerprint density at radius 3 is 2.93 bits per heavy atom. The van der Waals surface area contributed by atoms with Gasteiger partial charge in [-0.1, -0.05) is 29.8 Å². The highest BCUT2D eigenvalue weighted by Crippen LogP contribution is 2.14. The van der Waals surface area contributed by atoms with E-state index in [0.717, 1.165) is 55.0 Å². The number of methoxy groups -OCH3 is 1. The zero-order valence-corrected chi connectivity index (χ0v) is 17.8. The second kappa shape index (κ2) is 10.5. The monoisotopic (exact) mass is 402 g/mol. The van der Waals surface area contributed by atoms with Crippen molar-refractivity contribution in [3.63, 3.8) is 0 Å². The van der Waals surface area contributed by atoms with Crippen LogP contribution in [0.25, 0.3) is 0 Å². The summed E-state index contributed by atoms with van der Waals surface area (Å²) < 4.78 is 7.11. The van der Waals surface area contributed by atoms with Crippen LogP contribution in [0, 0.1) is 6.92 Å². The molecule has 2 heterocycles. The van der Waals surface area contributed by atoms with Gasteiger partial charge in [-0.25, -0.2) is 9.67 Å². The number of benzene rings is 1. The average Bonchev–Trinajstić information content (AvgIpc) is 3.10. The molecule has 28 heavy (non-hydrogen) atoms. The second-order valence-corrected chi connectivity index (χ2v) is 8.08. The lowest BCUT2D eigenvalue weighted by atomic mass is 10.1. The van der Waals surface area contributed by atoms with Crippen LogP contribution >= 0.6 is 11.8 Å². The quantitative estimate of drug-likeness (QED) is 0.400. The molecular weight excluding hydrogens is 372 g/mol. The standard InChI is InChI=1S/C20H30N6OS/c1-15-4-6-16(7-5-15)14-28-11-10-22-20(21-2)23-17-8-9-19-24-18(13-27-3)25-26(19)12-17/h4-7,17H,8-14H2,1-3H3,(H2,21,22,23). The summed E-state index contributed by atoms with van der Waals surface area (Å²) in [6, 6.07) is 9.05. The van der Waals surface area contributed by atoms with E-state index in [2.05, 4.69) is 56.9 Å². The molecule has 0 fully saturated rings. The van der Waals surface area contributed by atoms with Crippen molar-refractivity contribution in [3.8, 4) is 0 Å². The number of guanidine groups is 1. The van der Waals surface area contributed by atoms with E-state index in [0.29, 0.717) is 12.6 Å². The molecule has 0 aliphatic carbocycles. The fourth-order valence-corrected chi connectivity index (χ4v) is 3.99. The van der Waals surface area contributed by atoms with Gasteiger partial charge >= 0.3 is 0 Å². The molecule has 0 saturated carbocycles. The number of aliphatic imine (C=N–C) groups is 1. The minimum Gasteiger partial charge on any atom is -0.377 e. The molecule has 1 aromatic carbocycles. The summed E-state index contributed by atoms with van der Waals surface area (Å²) in [6.07, 6.45) is 1.94. The molecule has 7 nitrogen and oxygen atoms in total. The molecule has 0 bridgehead atoms. The zero-order valence-electron chi connectivity index (χ0n) is 16.9. The molecule has 0 saturated heterocycles. The predicted octanol–water partition coefficient (Wildman–Crippen LogP) is 2.15. The third-order valence-electron chi connectivity index (χ3n) is 4.67. The highest BCUT2D eigenvalue weighted by molar-refractivity contribution is 7.98. The molecule has 0 spiro atoms. The number of nitrogens with zero attached hydrogens (tertiary/aromatic N) is 4. The minimum absolute atomic E-state index is 0.302. The van der Waals surface area contributed by atoms with Crippen LogP contribution in [-0.4, -0.2) is 53.2 Å².